The number of aromatic carboxylic acids is 1. The number of anilines is 1. The first-order valence-electron chi connectivity index (χ1n) is 6.27. The lowest BCUT2D eigenvalue weighted by molar-refractivity contribution is 0.0697. The van der Waals surface area contributed by atoms with Crippen molar-refractivity contribution in [3.05, 3.63) is 29.8 Å². The second-order valence-electron chi connectivity index (χ2n) is 5.61. The highest BCUT2D eigenvalue weighted by Gasteiger charge is 2.45. The lowest BCUT2D eigenvalue weighted by Crippen LogP contribution is -2.31. The maximum absolute atomic E-state index is 11.7. The summed E-state index contributed by atoms with van der Waals surface area (Å²) in [6.45, 7) is 5.00. The molecule has 0 aromatic heterocycles. The molecule has 2 rings (SSSR count). The number of carbonyl (C=O) groups is 2. The van der Waals surface area contributed by atoms with Gasteiger partial charge in [-0.2, -0.15) is 0 Å². The van der Waals surface area contributed by atoms with E-state index in [1.807, 2.05) is 0 Å². The van der Waals surface area contributed by atoms with Crippen molar-refractivity contribution in [2.24, 2.45) is 11.3 Å². The van der Waals surface area contributed by atoms with E-state index < -0.39 is 5.97 Å². The summed E-state index contributed by atoms with van der Waals surface area (Å²) < 4.78 is 0. The number of amides is 2. The Morgan fingerprint density at radius 3 is 2.68 bits per heavy atom. The van der Waals surface area contributed by atoms with Gasteiger partial charge in [0.15, 0.2) is 0 Å². The summed E-state index contributed by atoms with van der Waals surface area (Å²) in [5.41, 5.74) is 0.963. The van der Waals surface area contributed by atoms with E-state index in [0.717, 1.165) is 6.42 Å². The van der Waals surface area contributed by atoms with E-state index >= 15 is 0 Å². The van der Waals surface area contributed by atoms with Crippen molar-refractivity contribution in [2.75, 3.05) is 11.9 Å². The van der Waals surface area contributed by atoms with Crippen LogP contribution in [0.5, 0.6) is 0 Å². The van der Waals surface area contributed by atoms with Crippen LogP contribution in [-0.4, -0.2) is 23.7 Å². The van der Waals surface area contributed by atoms with Gasteiger partial charge in [0.2, 0.25) is 0 Å². The third kappa shape index (κ3) is 3.47. The number of carboxylic acids is 1. The third-order valence-corrected chi connectivity index (χ3v) is 3.59. The Hall–Kier alpha value is -2.04. The zero-order valence-electron chi connectivity index (χ0n) is 11.1. The van der Waals surface area contributed by atoms with Gasteiger partial charge in [-0.25, -0.2) is 9.59 Å². The van der Waals surface area contributed by atoms with Gasteiger partial charge in [-0.15, -0.1) is 0 Å². The van der Waals surface area contributed by atoms with Gasteiger partial charge >= 0.3 is 12.0 Å². The molecule has 3 N–H and O–H groups in total. The second kappa shape index (κ2) is 4.91. The smallest absolute Gasteiger partial charge is 0.335 e. The fourth-order valence-electron chi connectivity index (χ4n) is 2.05. The number of rotatable bonds is 4. The van der Waals surface area contributed by atoms with Crippen LogP contribution in [-0.2, 0) is 0 Å². The molecule has 1 saturated carbocycles. The van der Waals surface area contributed by atoms with Crippen LogP contribution in [0.1, 0.15) is 30.6 Å². The fourth-order valence-corrected chi connectivity index (χ4v) is 2.05. The quantitative estimate of drug-likeness (QED) is 0.780. The van der Waals surface area contributed by atoms with Crippen LogP contribution in [0.2, 0.25) is 0 Å². The van der Waals surface area contributed by atoms with Gasteiger partial charge in [-0.1, -0.05) is 19.9 Å². The highest BCUT2D eigenvalue weighted by atomic mass is 16.4. The molecule has 0 aliphatic heterocycles. The Kier molecular flexibility index (Phi) is 3.46. The molecule has 0 saturated heterocycles. The Balaban J connectivity index is 1.85. The molecule has 0 radical (unpaired) electrons. The van der Waals surface area contributed by atoms with Crippen LogP contribution in [0, 0.1) is 11.3 Å². The maximum Gasteiger partial charge on any atom is 0.335 e. The number of hydrogen-bond acceptors (Lipinski definition) is 2. The van der Waals surface area contributed by atoms with Crippen molar-refractivity contribution in [3.8, 4) is 0 Å². The van der Waals surface area contributed by atoms with Gasteiger partial charge in [0, 0.05) is 12.2 Å². The third-order valence-electron chi connectivity index (χ3n) is 3.59. The zero-order valence-corrected chi connectivity index (χ0v) is 11.1. The topological polar surface area (TPSA) is 78.4 Å². The van der Waals surface area contributed by atoms with Crippen LogP contribution in [0.15, 0.2) is 24.3 Å². The van der Waals surface area contributed by atoms with Crippen molar-refractivity contribution in [3.63, 3.8) is 0 Å². The van der Waals surface area contributed by atoms with E-state index in [1.165, 1.54) is 12.1 Å². The predicted molar refractivity (Wildman–Crippen MR) is 72.3 cm³/mol. The van der Waals surface area contributed by atoms with Crippen molar-refractivity contribution in [1.82, 2.24) is 5.32 Å². The summed E-state index contributed by atoms with van der Waals surface area (Å²) in [4.78, 5) is 22.5. The largest absolute Gasteiger partial charge is 0.478 e. The first-order valence-corrected chi connectivity index (χ1v) is 6.27. The molecule has 1 unspecified atom stereocenters. The molecular weight excluding hydrogens is 244 g/mol. The highest BCUT2D eigenvalue weighted by molar-refractivity contribution is 5.93. The minimum absolute atomic E-state index is 0.154. The molecule has 0 heterocycles. The maximum atomic E-state index is 11.7. The molecule has 1 atom stereocenters. The average molecular weight is 262 g/mol. The summed E-state index contributed by atoms with van der Waals surface area (Å²) in [7, 11) is 0. The summed E-state index contributed by atoms with van der Waals surface area (Å²) in [5.74, 6) is -0.479. The van der Waals surface area contributed by atoms with Crippen molar-refractivity contribution < 1.29 is 14.7 Å². The van der Waals surface area contributed by atoms with Crippen molar-refractivity contribution >= 4 is 17.7 Å². The molecule has 5 nitrogen and oxygen atoms in total. The first-order chi connectivity index (χ1) is 8.88. The van der Waals surface area contributed by atoms with E-state index in [2.05, 4.69) is 24.5 Å². The molecule has 102 valence electrons. The fraction of sp³-hybridized carbons (Fsp3) is 0.429. The van der Waals surface area contributed by atoms with Gasteiger partial charge in [0.05, 0.1) is 5.56 Å². The van der Waals surface area contributed by atoms with Gasteiger partial charge < -0.3 is 15.7 Å². The van der Waals surface area contributed by atoms with Crippen LogP contribution < -0.4 is 10.6 Å². The Labute approximate surface area is 112 Å². The number of nitrogens with one attached hydrogen (secondary N) is 2. The van der Waals surface area contributed by atoms with Crippen LogP contribution in [0.25, 0.3) is 0 Å². The predicted octanol–water partition coefficient (Wildman–Crippen LogP) is 2.55. The summed E-state index contributed by atoms with van der Waals surface area (Å²) in [6.07, 6.45) is 1.13. The molecule has 1 aliphatic rings. The Morgan fingerprint density at radius 1 is 1.42 bits per heavy atom. The average Bonchev–Trinajstić information content (AvgIpc) is 2.95. The normalized spacial score (nSPS) is 19.6. The SMILES string of the molecule is CC1(C)CC1CNC(=O)Nc1cccc(C(=O)O)c1. The molecule has 1 fully saturated rings. The number of carbonyl (C=O) groups excluding carboxylic acids is 1. The molecular formula is C14H18N2O3. The highest BCUT2D eigenvalue weighted by Crippen LogP contribution is 2.50. The Morgan fingerprint density at radius 2 is 2.11 bits per heavy atom. The molecule has 1 aromatic carbocycles. The molecule has 2 amide bonds. The summed E-state index contributed by atoms with van der Waals surface area (Å²) in [6, 6.07) is 5.88. The molecule has 5 heteroatoms. The summed E-state index contributed by atoms with van der Waals surface area (Å²) in [5, 5.41) is 14.3. The van der Waals surface area contributed by atoms with Gasteiger partial charge in [0.25, 0.3) is 0 Å². The van der Waals surface area contributed by atoms with E-state index in [9.17, 15) is 9.59 Å². The van der Waals surface area contributed by atoms with E-state index in [4.69, 9.17) is 5.11 Å². The van der Waals surface area contributed by atoms with E-state index in [1.54, 1.807) is 12.1 Å². The number of benzene rings is 1. The number of carboxylic acid groups (broad SMARTS) is 1. The van der Waals surface area contributed by atoms with E-state index in [-0.39, 0.29) is 11.6 Å². The van der Waals surface area contributed by atoms with Crippen LogP contribution >= 0.6 is 0 Å². The number of hydrogen-bond donors (Lipinski definition) is 3. The van der Waals surface area contributed by atoms with E-state index in [0.29, 0.717) is 23.6 Å². The lowest BCUT2D eigenvalue weighted by Gasteiger charge is -2.09. The first kappa shape index (κ1) is 13.4. The van der Waals surface area contributed by atoms with Crippen LogP contribution in [0.4, 0.5) is 10.5 Å². The van der Waals surface area contributed by atoms with Crippen molar-refractivity contribution in [2.45, 2.75) is 20.3 Å². The standard InChI is InChI=1S/C14H18N2O3/c1-14(2)7-10(14)8-15-13(19)16-11-5-3-4-9(6-11)12(17)18/h3-6,10H,7-8H2,1-2H3,(H,17,18)(H2,15,16,19). The zero-order chi connectivity index (χ0) is 14.0. The minimum atomic E-state index is -1.01. The number of urea groups is 1. The van der Waals surface area contributed by atoms with Gasteiger partial charge in [-0.3, -0.25) is 0 Å². The Bertz CT molecular complexity index is 511. The van der Waals surface area contributed by atoms with Crippen molar-refractivity contribution in [1.29, 1.82) is 0 Å². The van der Waals surface area contributed by atoms with Gasteiger partial charge in [0.1, 0.15) is 0 Å². The second-order valence-corrected chi connectivity index (χ2v) is 5.61. The summed E-state index contributed by atoms with van der Waals surface area (Å²) >= 11 is 0. The molecule has 19 heavy (non-hydrogen) atoms. The lowest BCUT2D eigenvalue weighted by atomic mass is 10.1. The molecule has 0 bridgehead atoms. The minimum Gasteiger partial charge on any atom is -0.478 e. The monoisotopic (exact) mass is 262 g/mol. The van der Waals surface area contributed by atoms with Gasteiger partial charge in [-0.05, 0) is 36.0 Å². The molecule has 1 aromatic rings. The molecule has 1 aliphatic carbocycles. The van der Waals surface area contributed by atoms with Crippen LogP contribution in [0.3, 0.4) is 0 Å². The molecule has 0 spiro atoms.